The predicted molar refractivity (Wildman–Crippen MR) is 70.1 cm³/mol. The largest absolute Gasteiger partial charge is 0.479 e. The molecule has 0 amide bonds. The van der Waals surface area contributed by atoms with Crippen LogP contribution in [0.5, 0.6) is 6.01 Å². The number of hydrogen-bond acceptors (Lipinski definition) is 4. The lowest BCUT2D eigenvalue weighted by Crippen LogP contribution is -2.10. The first-order valence-electron chi connectivity index (χ1n) is 6.00. The Morgan fingerprint density at radius 3 is 2.30 bits per heavy atom. The number of carboxylic acid groups (broad SMARTS) is 1. The molecule has 0 unspecified atom stereocenters. The zero-order valence-corrected chi connectivity index (χ0v) is 11.0. The van der Waals surface area contributed by atoms with Crippen molar-refractivity contribution in [1.29, 1.82) is 0 Å². The molecule has 0 saturated heterocycles. The van der Waals surface area contributed by atoms with Crippen molar-refractivity contribution < 1.29 is 19.4 Å². The fraction of sp³-hybridized carbons (Fsp3) is 0.214. The number of halogens is 1. The summed E-state index contributed by atoms with van der Waals surface area (Å²) in [7, 11) is 0. The van der Waals surface area contributed by atoms with E-state index in [1.165, 1.54) is 24.3 Å². The Labute approximate surface area is 114 Å². The minimum absolute atomic E-state index is 0.0775. The van der Waals surface area contributed by atoms with E-state index in [-0.39, 0.29) is 22.9 Å². The Balaban J connectivity index is 2.74. The van der Waals surface area contributed by atoms with Gasteiger partial charge in [0, 0.05) is 5.56 Å². The predicted octanol–water partition coefficient (Wildman–Crippen LogP) is 2.81. The second kappa shape index (κ2) is 5.24. The van der Waals surface area contributed by atoms with Crippen LogP contribution < -0.4 is 0 Å². The summed E-state index contributed by atoms with van der Waals surface area (Å²) in [6, 6.07) is 4.73. The molecule has 2 N–H and O–H groups in total. The first-order valence-corrected chi connectivity index (χ1v) is 6.00. The Morgan fingerprint density at radius 2 is 1.80 bits per heavy atom. The topological polar surface area (TPSA) is 83.3 Å². The highest BCUT2D eigenvalue weighted by Crippen LogP contribution is 2.29. The van der Waals surface area contributed by atoms with Crippen molar-refractivity contribution in [2.45, 2.75) is 19.8 Å². The van der Waals surface area contributed by atoms with E-state index in [0.29, 0.717) is 5.56 Å². The lowest BCUT2D eigenvalue weighted by atomic mass is 9.98. The van der Waals surface area contributed by atoms with E-state index in [1.54, 1.807) is 13.8 Å². The Kier molecular flexibility index (Phi) is 3.65. The molecule has 1 aromatic carbocycles. The van der Waals surface area contributed by atoms with Crippen molar-refractivity contribution in [2.75, 3.05) is 0 Å². The standard InChI is InChI=1S/C14H13FN2O3/c1-7(2)11-10(13(18)19)12(17-14(20)16-11)8-3-5-9(15)6-4-8/h3-7H,1-2H3,(H,18,19)(H,16,17,20). The average Bonchev–Trinajstić information content (AvgIpc) is 2.38. The van der Waals surface area contributed by atoms with Gasteiger partial charge >= 0.3 is 12.0 Å². The van der Waals surface area contributed by atoms with Crippen LogP contribution in [0.1, 0.15) is 35.8 Å². The second-order valence-electron chi connectivity index (χ2n) is 4.60. The van der Waals surface area contributed by atoms with Crippen molar-refractivity contribution in [3.05, 3.63) is 41.3 Å². The molecule has 0 aliphatic rings. The van der Waals surface area contributed by atoms with E-state index < -0.39 is 17.8 Å². The summed E-state index contributed by atoms with van der Waals surface area (Å²) < 4.78 is 12.9. The summed E-state index contributed by atoms with van der Waals surface area (Å²) in [5.74, 6) is -1.82. The fourth-order valence-electron chi connectivity index (χ4n) is 1.91. The van der Waals surface area contributed by atoms with Crippen molar-refractivity contribution >= 4 is 5.97 Å². The van der Waals surface area contributed by atoms with Gasteiger partial charge in [-0.15, -0.1) is 0 Å². The minimum Gasteiger partial charge on any atom is -0.479 e. The highest BCUT2D eigenvalue weighted by Gasteiger charge is 2.23. The van der Waals surface area contributed by atoms with Crippen LogP contribution in [0.2, 0.25) is 0 Å². The van der Waals surface area contributed by atoms with Gasteiger partial charge in [-0.05, 0) is 30.2 Å². The molecule has 20 heavy (non-hydrogen) atoms. The second-order valence-corrected chi connectivity index (χ2v) is 4.60. The lowest BCUT2D eigenvalue weighted by molar-refractivity contribution is 0.0695. The quantitative estimate of drug-likeness (QED) is 0.900. The average molecular weight is 276 g/mol. The van der Waals surface area contributed by atoms with E-state index in [0.717, 1.165) is 0 Å². The molecule has 1 aromatic heterocycles. The summed E-state index contributed by atoms with van der Waals surface area (Å²) in [6.45, 7) is 3.53. The molecule has 0 saturated carbocycles. The van der Waals surface area contributed by atoms with Gasteiger partial charge in [0.15, 0.2) is 0 Å². The van der Waals surface area contributed by atoms with Gasteiger partial charge in [-0.3, -0.25) is 0 Å². The van der Waals surface area contributed by atoms with Crippen LogP contribution in [-0.2, 0) is 0 Å². The van der Waals surface area contributed by atoms with Crippen molar-refractivity contribution in [3.63, 3.8) is 0 Å². The smallest absolute Gasteiger partial charge is 0.339 e. The molecule has 0 fully saturated rings. The number of aromatic hydroxyl groups is 1. The molecule has 2 aromatic rings. The van der Waals surface area contributed by atoms with E-state index in [4.69, 9.17) is 0 Å². The van der Waals surface area contributed by atoms with Gasteiger partial charge in [0.05, 0.1) is 11.4 Å². The highest BCUT2D eigenvalue weighted by atomic mass is 19.1. The third kappa shape index (κ3) is 2.59. The molecule has 0 aliphatic heterocycles. The molecule has 0 bridgehead atoms. The summed E-state index contributed by atoms with van der Waals surface area (Å²) in [5.41, 5.74) is 0.644. The number of carbonyl (C=O) groups is 1. The van der Waals surface area contributed by atoms with Crippen molar-refractivity contribution in [3.8, 4) is 17.3 Å². The number of nitrogens with zero attached hydrogens (tertiary/aromatic N) is 2. The summed E-state index contributed by atoms with van der Waals surface area (Å²) in [4.78, 5) is 19.0. The zero-order chi connectivity index (χ0) is 14.9. The summed E-state index contributed by atoms with van der Waals surface area (Å²) >= 11 is 0. The van der Waals surface area contributed by atoms with Gasteiger partial charge < -0.3 is 10.2 Å². The minimum atomic E-state index is -1.19. The summed E-state index contributed by atoms with van der Waals surface area (Å²) in [5, 5.41) is 18.9. The first-order chi connectivity index (χ1) is 9.40. The number of aromatic nitrogens is 2. The van der Waals surface area contributed by atoms with Crippen LogP contribution in [0.15, 0.2) is 24.3 Å². The number of aromatic carboxylic acids is 1. The molecule has 5 nitrogen and oxygen atoms in total. The zero-order valence-electron chi connectivity index (χ0n) is 11.0. The van der Waals surface area contributed by atoms with Crippen LogP contribution in [0.4, 0.5) is 4.39 Å². The lowest BCUT2D eigenvalue weighted by Gasteiger charge is -2.13. The molecular weight excluding hydrogens is 263 g/mol. The Hall–Kier alpha value is -2.50. The van der Waals surface area contributed by atoms with Crippen molar-refractivity contribution in [1.82, 2.24) is 9.97 Å². The molecule has 1 heterocycles. The van der Waals surface area contributed by atoms with E-state index >= 15 is 0 Å². The number of benzene rings is 1. The van der Waals surface area contributed by atoms with Crippen LogP contribution >= 0.6 is 0 Å². The maximum atomic E-state index is 12.9. The van der Waals surface area contributed by atoms with Crippen LogP contribution in [0.3, 0.4) is 0 Å². The van der Waals surface area contributed by atoms with Crippen molar-refractivity contribution in [2.24, 2.45) is 0 Å². The third-order valence-corrected chi connectivity index (χ3v) is 2.80. The van der Waals surface area contributed by atoms with Gasteiger partial charge in [0.2, 0.25) is 0 Å². The van der Waals surface area contributed by atoms with Gasteiger partial charge in [0.25, 0.3) is 0 Å². The third-order valence-electron chi connectivity index (χ3n) is 2.80. The molecule has 2 rings (SSSR count). The maximum absolute atomic E-state index is 12.9. The van der Waals surface area contributed by atoms with E-state index in [1.807, 2.05) is 0 Å². The van der Waals surface area contributed by atoms with Gasteiger partial charge in [0.1, 0.15) is 11.4 Å². The SMILES string of the molecule is CC(C)c1nc(O)nc(-c2ccc(F)cc2)c1C(=O)O. The van der Waals surface area contributed by atoms with Crippen LogP contribution in [0, 0.1) is 5.82 Å². The molecule has 0 atom stereocenters. The van der Waals surface area contributed by atoms with Crippen LogP contribution in [-0.4, -0.2) is 26.2 Å². The molecule has 0 aliphatic carbocycles. The molecule has 0 radical (unpaired) electrons. The highest BCUT2D eigenvalue weighted by molar-refractivity contribution is 5.96. The fourth-order valence-corrected chi connectivity index (χ4v) is 1.91. The van der Waals surface area contributed by atoms with E-state index in [9.17, 15) is 19.4 Å². The molecule has 104 valence electrons. The van der Waals surface area contributed by atoms with Crippen LogP contribution in [0.25, 0.3) is 11.3 Å². The molecule has 6 heteroatoms. The van der Waals surface area contributed by atoms with E-state index in [2.05, 4.69) is 9.97 Å². The number of carboxylic acids is 1. The Bertz CT molecular complexity index is 654. The van der Waals surface area contributed by atoms with Gasteiger partial charge in [-0.25, -0.2) is 9.18 Å². The Morgan fingerprint density at radius 1 is 1.20 bits per heavy atom. The normalized spacial score (nSPS) is 10.8. The van der Waals surface area contributed by atoms with Gasteiger partial charge in [-0.2, -0.15) is 9.97 Å². The number of rotatable bonds is 3. The maximum Gasteiger partial charge on any atom is 0.339 e. The molecular formula is C14H13FN2O3. The van der Waals surface area contributed by atoms with Gasteiger partial charge in [-0.1, -0.05) is 13.8 Å². The summed E-state index contributed by atoms with van der Waals surface area (Å²) in [6.07, 6.45) is 0. The number of hydrogen-bond donors (Lipinski definition) is 2. The monoisotopic (exact) mass is 276 g/mol. The first kappa shape index (κ1) is 13.9. The molecule has 0 spiro atoms.